The lowest BCUT2D eigenvalue weighted by atomic mass is 9.86. The summed E-state index contributed by atoms with van der Waals surface area (Å²) in [5, 5.41) is 0. The van der Waals surface area contributed by atoms with Crippen LogP contribution in [0.5, 0.6) is 0 Å². The zero-order chi connectivity index (χ0) is 17.0. The van der Waals surface area contributed by atoms with Gasteiger partial charge in [0.05, 0.1) is 11.6 Å². The molecule has 4 nitrogen and oxygen atoms in total. The summed E-state index contributed by atoms with van der Waals surface area (Å²) < 4.78 is 0. The minimum absolute atomic E-state index is 0.0387. The molecule has 23 heavy (non-hydrogen) atoms. The molecule has 0 saturated heterocycles. The highest BCUT2D eigenvalue weighted by atomic mass is 16.1. The first kappa shape index (κ1) is 17.5. The van der Waals surface area contributed by atoms with Gasteiger partial charge in [-0.3, -0.25) is 14.6 Å². The molecule has 1 saturated carbocycles. The Labute approximate surface area is 138 Å². The molecule has 2 N–H and O–H groups in total. The number of Topliss-reactive ketones (excluding diaryl/α,β-unsaturated/α-hetero) is 2. The maximum Gasteiger partial charge on any atom is 0.165 e. The smallest absolute Gasteiger partial charge is 0.165 e. The van der Waals surface area contributed by atoms with Crippen molar-refractivity contribution in [1.29, 1.82) is 0 Å². The molecule has 3 unspecified atom stereocenters. The van der Waals surface area contributed by atoms with Crippen LogP contribution in [0.1, 0.15) is 50.4 Å². The molecule has 1 aliphatic rings. The number of nitrogens with zero attached hydrogens (tertiary/aromatic N) is 1. The maximum atomic E-state index is 12.5. The molecular weight excluding hydrogens is 288 g/mol. The Balaban J connectivity index is 2.09. The molecule has 0 bridgehead atoms. The third-order valence-electron chi connectivity index (χ3n) is 4.92. The van der Waals surface area contributed by atoms with Gasteiger partial charge >= 0.3 is 0 Å². The van der Waals surface area contributed by atoms with E-state index in [1.54, 1.807) is 0 Å². The van der Waals surface area contributed by atoms with Crippen LogP contribution in [0.3, 0.4) is 0 Å². The van der Waals surface area contributed by atoms with E-state index in [1.807, 2.05) is 38.1 Å². The molecule has 0 aliphatic heterocycles. The van der Waals surface area contributed by atoms with E-state index >= 15 is 0 Å². The first-order valence-corrected chi connectivity index (χ1v) is 8.38. The average molecular weight is 314 g/mol. The fourth-order valence-electron chi connectivity index (χ4n) is 2.92. The largest absolute Gasteiger partial charge is 0.330 e. The van der Waals surface area contributed by atoms with Crippen LogP contribution in [0.4, 0.5) is 5.69 Å². The van der Waals surface area contributed by atoms with Gasteiger partial charge in [0.15, 0.2) is 5.78 Å². The fraction of sp³-hybridized carbons (Fsp3) is 0.526. The zero-order valence-corrected chi connectivity index (χ0v) is 14.2. The lowest BCUT2D eigenvalue weighted by Crippen LogP contribution is -2.21. The summed E-state index contributed by atoms with van der Waals surface area (Å²) in [5.74, 6) is 0.572. The van der Waals surface area contributed by atoms with Gasteiger partial charge in [0.2, 0.25) is 0 Å². The standard InChI is InChI=1S/C19H26N2O2/c1-12(10-11-20)13(2)19(23)15-4-6-16(7-5-15)21-17-8-9-18(22)14(17)3/h4-7,12-14H,8-11,20H2,1-3H3. The third kappa shape index (κ3) is 4.14. The molecule has 3 atom stereocenters. The predicted octanol–water partition coefficient (Wildman–Crippen LogP) is 3.56. The molecule has 0 radical (unpaired) electrons. The summed E-state index contributed by atoms with van der Waals surface area (Å²) in [4.78, 5) is 28.6. The molecule has 1 fully saturated rings. The SMILES string of the molecule is CC1C(=O)CCC1=Nc1ccc(C(=O)C(C)C(C)CCN)cc1. The van der Waals surface area contributed by atoms with Gasteiger partial charge in [0.1, 0.15) is 5.78 Å². The van der Waals surface area contributed by atoms with Crippen molar-refractivity contribution in [2.24, 2.45) is 28.5 Å². The van der Waals surface area contributed by atoms with Gasteiger partial charge in [-0.15, -0.1) is 0 Å². The molecule has 0 amide bonds. The number of benzene rings is 1. The number of hydrogen-bond acceptors (Lipinski definition) is 4. The van der Waals surface area contributed by atoms with E-state index in [2.05, 4.69) is 11.9 Å². The minimum Gasteiger partial charge on any atom is -0.330 e. The summed E-state index contributed by atoms with van der Waals surface area (Å²) in [7, 11) is 0. The van der Waals surface area contributed by atoms with E-state index in [1.165, 1.54) is 0 Å². The molecular formula is C19H26N2O2. The van der Waals surface area contributed by atoms with Gasteiger partial charge in [-0.05, 0) is 49.6 Å². The molecule has 1 aromatic rings. The van der Waals surface area contributed by atoms with E-state index in [0.29, 0.717) is 18.5 Å². The van der Waals surface area contributed by atoms with Crippen molar-refractivity contribution < 1.29 is 9.59 Å². The normalized spacial score (nSPS) is 22.3. The second-order valence-corrected chi connectivity index (χ2v) is 6.55. The summed E-state index contributed by atoms with van der Waals surface area (Å²) >= 11 is 0. The van der Waals surface area contributed by atoms with Gasteiger partial charge in [-0.2, -0.15) is 0 Å². The Morgan fingerprint density at radius 1 is 1.26 bits per heavy atom. The van der Waals surface area contributed by atoms with Gasteiger partial charge < -0.3 is 5.73 Å². The topological polar surface area (TPSA) is 72.5 Å². The van der Waals surface area contributed by atoms with E-state index < -0.39 is 0 Å². The summed E-state index contributed by atoms with van der Waals surface area (Å²) in [6.45, 7) is 6.54. The van der Waals surface area contributed by atoms with Crippen LogP contribution < -0.4 is 5.73 Å². The van der Waals surface area contributed by atoms with Crippen molar-refractivity contribution in [3.63, 3.8) is 0 Å². The summed E-state index contributed by atoms with van der Waals surface area (Å²) in [5.41, 5.74) is 8.03. The number of nitrogens with two attached hydrogens (primary N) is 1. The number of carbonyl (C=O) groups is 2. The van der Waals surface area contributed by atoms with Crippen LogP contribution in [0.25, 0.3) is 0 Å². The van der Waals surface area contributed by atoms with Crippen molar-refractivity contribution in [3.05, 3.63) is 29.8 Å². The zero-order valence-electron chi connectivity index (χ0n) is 14.2. The van der Waals surface area contributed by atoms with Gasteiger partial charge in [-0.25, -0.2) is 0 Å². The van der Waals surface area contributed by atoms with Crippen LogP contribution in [0.15, 0.2) is 29.3 Å². The van der Waals surface area contributed by atoms with Crippen molar-refractivity contribution in [2.45, 2.75) is 40.0 Å². The fourth-order valence-corrected chi connectivity index (χ4v) is 2.92. The number of carbonyl (C=O) groups excluding carboxylic acids is 2. The lowest BCUT2D eigenvalue weighted by molar-refractivity contribution is -0.119. The Kier molecular flexibility index (Phi) is 5.83. The van der Waals surface area contributed by atoms with Gasteiger partial charge in [0.25, 0.3) is 0 Å². The van der Waals surface area contributed by atoms with E-state index in [9.17, 15) is 9.59 Å². The quantitative estimate of drug-likeness (QED) is 0.816. The second kappa shape index (κ2) is 7.64. The molecule has 0 aromatic heterocycles. The van der Waals surface area contributed by atoms with Crippen LogP contribution >= 0.6 is 0 Å². The maximum absolute atomic E-state index is 12.5. The van der Waals surface area contributed by atoms with Gasteiger partial charge in [0, 0.05) is 23.6 Å². The first-order valence-electron chi connectivity index (χ1n) is 8.38. The summed E-state index contributed by atoms with van der Waals surface area (Å²) in [6, 6.07) is 7.37. The minimum atomic E-state index is -0.0755. The van der Waals surface area contributed by atoms with Crippen molar-refractivity contribution in [2.75, 3.05) is 6.54 Å². The molecule has 124 valence electrons. The van der Waals surface area contributed by atoms with Crippen molar-refractivity contribution >= 4 is 23.0 Å². The van der Waals surface area contributed by atoms with E-state index in [0.717, 1.165) is 24.2 Å². The van der Waals surface area contributed by atoms with E-state index in [4.69, 9.17) is 5.73 Å². The lowest BCUT2D eigenvalue weighted by Gasteiger charge is -2.18. The molecule has 1 aromatic carbocycles. The predicted molar refractivity (Wildman–Crippen MR) is 93.3 cm³/mol. The number of ketones is 2. The third-order valence-corrected chi connectivity index (χ3v) is 4.92. The summed E-state index contributed by atoms with van der Waals surface area (Å²) in [6.07, 6.45) is 2.19. The highest BCUT2D eigenvalue weighted by molar-refractivity contribution is 6.11. The molecule has 4 heteroatoms. The van der Waals surface area contributed by atoms with Crippen LogP contribution in [-0.2, 0) is 4.79 Å². The van der Waals surface area contributed by atoms with Crippen LogP contribution in [-0.4, -0.2) is 23.8 Å². The number of hydrogen-bond donors (Lipinski definition) is 1. The Morgan fingerprint density at radius 3 is 2.43 bits per heavy atom. The molecule has 1 aliphatic carbocycles. The van der Waals surface area contributed by atoms with Gasteiger partial charge in [-0.1, -0.05) is 20.8 Å². The van der Waals surface area contributed by atoms with Crippen LogP contribution in [0, 0.1) is 17.8 Å². The van der Waals surface area contributed by atoms with E-state index in [-0.39, 0.29) is 29.3 Å². The Hall–Kier alpha value is -1.81. The van der Waals surface area contributed by atoms with Crippen molar-refractivity contribution in [1.82, 2.24) is 0 Å². The second-order valence-electron chi connectivity index (χ2n) is 6.55. The molecule has 0 spiro atoms. The van der Waals surface area contributed by atoms with Crippen LogP contribution in [0.2, 0.25) is 0 Å². The average Bonchev–Trinajstić information content (AvgIpc) is 2.86. The molecule has 2 rings (SSSR count). The molecule has 0 heterocycles. The number of aliphatic imine (C=N–C) groups is 1. The number of rotatable bonds is 6. The first-order chi connectivity index (χ1) is 10.9. The highest BCUT2D eigenvalue weighted by Gasteiger charge is 2.26. The highest BCUT2D eigenvalue weighted by Crippen LogP contribution is 2.25. The Bertz CT molecular complexity index is 604. The van der Waals surface area contributed by atoms with Crippen molar-refractivity contribution in [3.8, 4) is 0 Å². The Morgan fingerprint density at radius 2 is 1.91 bits per heavy atom. The monoisotopic (exact) mass is 314 g/mol.